The van der Waals surface area contributed by atoms with Gasteiger partial charge in [-0.25, -0.2) is 9.71 Å². The molecular formula is C20H36FN5O5. The van der Waals surface area contributed by atoms with Crippen molar-refractivity contribution in [2.75, 3.05) is 26.3 Å². The molecule has 0 spiro atoms. The maximum Gasteiger partial charge on any atom is 0.344 e. The zero-order valence-electron chi connectivity index (χ0n) is 17.6. The average molecular weight is 446 g/mol. The van der Waals surface area contributed by atoms with E-state index >= 15 is 0 Å². The van der Waals surface area contributed by atoms with Gasteiger partial charge in [0.1, 0.15) is 12.5 Å². The Hall–Kier alpha value is -0.730. The Kier molecular flexibility index (Phi) is 7.59. The Balaban J connectivity index is 1.44. The molecule has 4 aliphatic rings. The summed E-state index contributed by atoms with van der Waals surface area (Å²) in [4.78, 5) is 0. The molecule has 3 aliphatic heterocycles. The third-order valence-corrected chi connectivity index (χ3v) is 6.97. The summed E-state index contributed by atoms with van der Waals surface area (Å²) in [7, 11) is 0. The Morgan fingerprint density at radius 3 is 2.84 bits per heavy atom. The number of hydrogen-bond acceptors (Lipinski definition) is 10. The van der Waals surface area contributed by atoms with Gasteiger partial charge in [-0.05, 0) is 44.6 Å². The summed E-state index contributed by atoms with van der Waals surface area (Å²) in [5.41, 5.74) is 1.44. The van der Waals surface area contributed by atoms with Gasteiger partial charge in [0.05, 0.1) is 24.9 Å². The fraction of sp³-hybridized carbons (Fsp3) is 0.900. The molecule has 9 N–H and O–H groups in total. The lowest BCUT2D eigenvalue weighted by molar-refractivity contribution is -0.339. The van der Waals surface area contributed by atoms with Crippen LogP contribution in [-0.4, -0.2) is 89.6 Å². The minimum absolute atomic E-state index is 0.133. The minimum Gasteiger partial charge on any atom is -0.395 e. The number of rotatable bonds is 6. The molecule has 1 aliphatic carbocycles. The second-order valence-electron chi connectivity index (χ2n) is 9.17. The van der Waals surface area contributed by atoms with Gasteiger partial charge in [-0.3, -0.25) is 16.0 Å². The summed E-state index contributed by atoms with van der Waals surface area (Å²) in [6.45, 7) is 2.20. The van der Waals surface area contributed by atoms with Crippen LogP contribution in [0.4, 0.5) is 4.39 Å². The SMILES string of the molecule is OCC1NC(NC2CC3CCOC3C(C3=CCNCCC3)C2)NC(NC(O)(O)O)C1F. The lowest BCUT2D eigenvalue weighted by Crippen LogP contribution is -2.76. The molecule has 31 heavy (non-hydrogen) atoms. The van der Waals surface area contributed by atoms with Crippen LogP contribution in [0.25, 0.3) is 0 Å². The predicted molar refractivity (Wildman–Crippen MR) is 110 cm³/mol. The zero-order valence-corrected chi connectivity index (χ0v) is 17.6. The van der Waals surface area contributed by atoms with Crippen molar-refractivity contribution in [1.29, 1.82) is 0 Å². The van der Waals surface area contributed by atoms with Crippen molar-refractivity contribution in [3.8, 4) is 0 Å². The molecule has 0 aromatic heterocycles. The lowest BCUT2D eigenvalue weighted by atomic mass is 9.72. The predicted octanol–water partition coefficient (Wildman–Crippen LogP) is -2.25. The van der Waals surface area contributed by atoms with Crippen molar-refractivity contribution in [2.45, 2.75) is 75.0 Å². The molecule has 0 aromatic rings. The highest BCUT2D eigenvalue weighted by atomic mass is 19.1. The van der Waals surface area contributed by atoms with E-state index < -0.39 is 37.4 Å². The molecule has 0 bridgehead atoms. The molecule has 3 fully saturated rings. The summed E-state index contributed by atoms with van der Waals surface area (Å²) in [5.74, 6) is 0.784. The molecule has 8 unspecified atom stereocenters. The van der Waals surface area contributed by atoms with E-state index in [1.165, 1.54) is 5.57 Å². The molecule has 178 valence electrons. The highest BCUT2D eigenvalue weighted by Crippen LogP contribution is 2.42. The third kappa shape index (κ3) is 5.80. The molecule has 10 nitrogen and oxygen atoms in total. The summed E-state index contributed by atoms with van der Waals surface area (Å²) in [6.07, 6.45) is 0.773. The van der Waals surface area contributed by atoms with E-state index in [2.05, 4.69) is 27.3 Å². The summed E-state index contributed by atoms with van der Waals surface area (Å²) >= 11 is 0. The number of aliphatic hydroxyl groups is 4. The van der Waals surface area contributed by atoms with E-state index in [1.54, 1.807) is 0 Å². The molecule has 8 atom stereocenters. The summed E-state index contributed by atoms with van der Waals surface area (Å²) in [5, 5.41) is 52.0. The number of nitrogens with one attached hydrogen (secondary N) is 5. The molecule has 0 aromatic carbocycles. The van der Waals surface area contributed by atoms with E-state index in [4.69, 9.17) is 4.74 Å². The van der Waals surface area contributed by atoms with Gasteiger partial charge in [-0.2, -0.15) is 0 Å². The second-order valence-corrected chi connectivity index (χ2v) is 9.17. The van der Waals surface area contributed by atoms with Gasteiger partial charge in [0.15, 0.2) is 0 Å². The smallest absolute Gasteiger partial charge is 0.344 e. The molecule has 11 heteroatoms. The van der Waals surface area contributed by atoms with Crippen molar-refractivity contribution in [3.05, 3.63) is 11.6 Å². The molecule has 3 heterocycles. The fourth-order valence-corrected chi connectivity index (χ4v) is 5.59. The van der Waals surface area contributed by atoms with Crippen LogP contribution in [0.3, 0.4) is 0 Å². The van der Waals surface area contributed by atoms with E-state index in [1.807, 2.05) is 5.32 Å². The van der Waals surface area contributed by atoms with Crippen molar-refractivity contribution < 1.29 is 29.6 Å². The number of alkyl halides is 1. The van der Waals surface area contributed by atoms with Crippen molar-refractivity contribution in [1.82, 2.24) is 26.6 Å². The fourth-order valence-electron chi connectivity index (χ4n) is 5.59. The normalized spacial score (nSPS) is 42.0. The molecule has 2 saturated heterocycles. The number of fused-ring (bicyclic) bond motifs is 1. The topological polar surface area (TPSA) is 150 Å². The van der Waals surface area contributed by atoms with Crippen LogP contribution in [0.1, 0.15) is 32.1 Å². The van der Waals surface area contributed by atoms with E-state index in [0.29, 0.717) is 11.8 Å². The number of hydrogen-bond donors (Lipinski definition) is 9. The van der Waals surface area contributed by atoms with Crippen molar-refractivity contribution >= 4 is 0 Å². The highest BCUT2D eigenvalue weighted by molar-refractivity contribution is 5.15. The van der Waals surface area contributed by atoms with Gasteiger partial charge in [0.25, 0.3) is 0 Å². The summed E-state index contributed by atoms with van der Waals surface area (Å²) < 4.78 is 20.7. The first-order chi connectivity index (χ1) is 14.8. The van der Waals surface area contributed by atoms with Crippen LogP contribution in [0.15, 0.2) is 11.6 Å². The van der Waals surface area contributed by atoms with Gasteiger partial charge in [0, 0.05) is 25.1 Å². The van der Waals surface area contributed by atoms with Gasteiger partial charge in [-0.1, -0.05) is 11.6 Å². The van der Waals surface area contributed by atoms with Crippen LogP contribution in [0.5, 0.6) is 0 Å². The van der Waals surface area contributed by atoms with E-state index in [0.717, 1.165) is 51.8 Å². The van der Waals surface area contributed by atoms with Crippen LogP contribution in [-0.2, 0) is 4.74 Å². The van der Waals surface area contributed by atoms with E-state index in [-0.39, 0.29) is 12.1 Å². The second kappa shape index (κ2) is 10.0. The monoisotopic (exact) mass is 445 g/mol. The first-order valence-corrected chi connectivity index (χ1v) is 11.3. The number of aliphatic hydroxyl groups excluding tert-OH is 1. The largest absolute Gasteiger partial charge is 0.395 e. The molecule has 0 amide bonds. The van der Waals surface area contributed by atoms with Crippen LogP contribution in [0.2, 0.25) is 0 Å². The Morgan fingerprint density at radius 2 is 2.06 bits per heavy atom. The van der Waals surface area contributed by atoms with Crippen LogP contribution < -0.4 is 26.6 Å². The Bertz CT molecular complexity index is 636. The number of ether oxygens (including phenoxy) is 1. The summed E-state index contributed by atoms with van der Waals surface area (Å²) in [6, 6.07) is -0.801. The van der Waals surface area contributed by atoms with Crippen LogP contribution in [0, 0.1) is 11.8 Å². The zero-order chi connectivity index (χ0) is 22.0. The van der Waals surface area contributed by atoms with Gasteiger partial charge >= 0.3 is 6.10 Å². The average Bonchev–Trinajstić information content (AvgIpc) is 3.01. The third-order valence-electron chi connectivity index (χ3n) is 6.97. The Morgan fingerprint density at radius 1 is 1.23 bits per heavy atom. The van der Waals surface area contributed by atoms with Gasteiger partial charge < -0.3 is 30.5 Å². The maximum absolute atomic E-state index is 14.6. The van der Waals surface area contributed by atoms with Crippen LogP contribution >= 0.6 is 0 Å². The van der Waals surface area contributed by atoms with Gasteiger partial charge in [-0.15, -0.1) is 0 Å². The first-order valence-electron chi connectivity index (χ1n) is 11.3. The van der Waals surface area contributed by atoms with Crippen molar-refractivity contribution in [3.63, 3.8) is 0 Å². The highest BCUT2D eigenvalue weighted by Gasteiger charge is 2.45. The standard InChI is InChI=1S/C20H36FN5O5/c21-16-15(10-27)24-19(25-18(16)26-20(28,29)30)23-13-8-12-4-7-31-17(12)14(9-13)11-2-1-5-22-6-3-11/h3,12-19,22-30H,1-2,4-10H2. The molecule has 1 saturated carbocycles. The molecule has 4 rings (SSSR count). The van der Waals surface area contributed by atoms with E-state index in [9.17, 15) is 24.8 Å². The van der Waals surface area contributed by atoms with Gasteiger partial charge in [0.2, 0.25) is 0 Å². The maximum atomic E-state index is 14.6. The Labute approximate surface area is 181 Å². The first kappa shape index (κ1) is 23.4. The molecule has 0 radical (unpaired) electrons. The quantitative estimate of drug-likeness (QED) is 0.162. The van der Waals surface area contributed by atoms with Crippen molar-refractivity contribution in [2.24, 2.45) is 11.8 Å². The number of halogens is 1. The molecular weight excluding hydrogens is 409 g/mol. The minimum atomic E-state index is -3.23. The lowest BCUT2D eigenvalue weighted by Gasteiger charge is -2.45.